The maximum atomic E-state index is 13.2. The third-order valence-electron chi connectivity index (χ3n) is 5.18. The molecule has 0 radical (unpaired) electrons. The van der Waals surface area contributed by atoms with Crippen LogP contribution in [0.5, 0.6) is 0 Å². The molecular weight excluding hydrogens is 428 g/mol. The summed E-state index contributed by atoms with van der Waals surface area (Å²) in [6.45, 7) is 1.45. The van der Waals surface area contributed by atoms with E-state index >= 15 is 0 Å². The van der Waals surface area contributed by atoms with Gasteiger partial charge in [0.25, 0.3) is 0 Å². The Morgan fingerprint density at radius 3 is 2.50 bits per heavy atom. The van der Waals surface area contributed by atoms with Gasteiger partial charge < -0.3 is 14.7 Å². The maximum Gasteiger partial charge on any atom is 0.416 e. The van der Waals surface area contributed by atoms with Crippen LogP contribution < -0.4 is 10.2 Å². The molecule has 2 heterocycles. The van der Waals surface area contributed by atoms with Crippen molar-refractivity contribution >= 4 is 17.3 Å². The lowest BCUT2D eigenvalue weighted by Gasteiger charge is -2.23. The molecule has 32 heavy (non-hydrogen) atoms. The van der Waals surface area contributed by atoms with Crippen LogP contribution in [0.2, 0.25) is 0 Å². The van der Waals surface area contributed by atoms with Gasteiger partial charge >= 0.3 is 6.18 Å². The number of hydrogen-bond acceptors (Lipinski definition) is 5. The summed E-state index contributed by atoms with van der Waals surface area (Å²) >= 11 is 0. The van der Waals surface area contributed by atoms with Crippen molar-refractivity contribution in [2.75, 3.05) is 23.3 Å². The number of hydrogen-bond donors (Lipinski definition) is 1. The van der Waals surface area contributed by atoms with E-state index < -0.39 is 23.5 Å². The van der Waals surface area contributed by atoms with Gasteiger partial charge in [0.05, 0.1) is 16.9 Å². The van der Waals surface area contributed by atoms with E-state index in [0.717, 1.165) is 38.1 Å². The summed E-state index contributed by atoms with van der Waals surface area (Å²) in [5, 5.41) is 6.41. The van der Waals surface area contributed by atoms with Crippen LogP contribution in [0.4, 0.5) is 28.9 Å². The topological polar surface area (TPSA) is 71.3 Å². The molecule has 3 aromatic rings. The zero-order valence-corrected chi connectivity index (χ0v) is 17.0. The number of aromatic nitrogens is 2. The molecule has 1 N–H and O–H groups in total. The molecule has 1 fully saturated rings. The lowest BCUT2D eigenvalue weighted by molar-refractivity contribution is -0.137. The van der Waals surface area contributed by atoms with Crippen molar-refractivity contribution < 1.29 is 26.9 Å². The predicted octanol–water partition coefficient (Wildman–Crippen LogP) is 5.07. The van der Waals surface area contributed by atoms with Gasteiger partial charge in [0.1, 0.15) is 5.82 Å². The molecule has 1 aliphatic rings. The van der Waals surface area contributed by atoms with Crippen molar-refractivity contribution in [2.24, 2.45) is 0 Å². The summed E-state index contributed by atoms with van der Waals surface area (Å²) < 4.78 is 57.7. The van der Waals surface area contributed by atoms with Gasteiger partial charge in [-0.1, -0.05) is 5.16 Å². The first-order valence-corrected chi connectivity index (χ1v) is 10.1. The number of halogens is 4. The molecule has 1 amide bonds. The Bertz CT molecular complexity index is 1090. The first kappa shape index (κ1) is 21.8. The molecule has 168 valence electrons. The lowest BCUT2D eigenvalue weighted by atomic mass is 10.1. The smallest absolute Gasteiger partial charge is 0.370 e. The first-order chi connectivity index (χ1) is 15.3. The van der Waals surface area contributed by atoms with Crippen LogP contribution in [0.1, 0.15) is 30.7 Å². The van der Waals surface area contributed by atoms with E-state index in [2.05, 4.69) is 15.5 Å². The van der Waals surface area contributed by atoms with Crippen molar-refractivity contribution in [1.29, 1.82) is 0 Å². The number of alkyl halides is 3. The van der Waals surface area contributed by atoms with E-state index in [4.69, 9.17) is 4.52 Å². The first-order valence-electron chi connectivity index (χ1n) is 10.1. The molecule has 1 saturated heterocycles. The summed E-state index contributed by atoms with van der Waals surface area (Å²) in [5.41, 5.74) is 0.436. The minimum atomic E-state index is -4.51. The Labute approximate surface area is 181 Å². The number of benzene rings is 2. The van der Waals surface area contributed by atoms with Crippen LogP contribution in [0.15, 0.2) is 47.0 Å². The third-order valence-corrected chi connectivity index (χ3v) is 5.18. The second-order valence-electron chi connectivity index (χ2n) is 7.49. The Morgan fingerprint density at radius 2 is 1.81 bits per heavy atom. The Hall–Kier alpha value is -3.43. The largest absolute Gasteiger partial charge is 0.416 e. The summed E-state index contributed by atoms with van der Waals surface area (Å²) in [6, 6.07) is 8.94. The van der Waals surface area contributed by atoms with E-state index in [1.807, 2.05) is 4.90 Å². The number of amides is 1. The van der Waals surface area contributed by atoms with Gasteiger partial charge in [-0.15, -0.1) is 0 Å². The van der Waals surface area contributed by atoms with Crippen LogP contribution in [0, 0.1) is 5.82 Å². The molecule has 0 aliphatic carbocycles. The molecule has 10 heteroatoms. The van der Waals surface area contributed by atoms with Crippen LogP contribution in [0.25, 0.3) is 11.4 Å². The Kier molecular flexibility index (Phi) is 6.11. The Balaban J connectivity index is 1.44. The van der Waals surface area contributed by atoms with E-state index in [1.54, 1.807) is 0 Å². The molecular formula is C22H20F4N4O2. The number of carbonyl (C=O) groups is 1. The Morgan fingerprint density at radius 1 is 1.09 bits per heavy atom. The molecule has 0 bridgehead atoms. The molecule has 0 saturated carbocycles. The second-order valence-corrected chi connectivity index (χ2v) is 7.49. The third kappa shape index (κ3) is 5.06. The molecule has 4 rings (SSSR count). The monoisotopic (exact) mass is 448 g/mol. The normalized spacial score (nSPS) is 14.1. The highest BCUT2D eigenvalue weighted by atomic mass is 19.4. The van der Waals surface area contributed by atoms with E-state index in [-0.39, 0.29) is 30.2 Å². The van der Waals surface area contributed by atoms with Crippen LogP contribution in [-0.4, -0.2) is 29.1 Å². The number of anilines is 2. The summed E-state index contributed by atoms with van der Waals surface area (Å²) in [5.74, 6) is -0.402. The van der Waals surface area contributed by atoms with Crippen molar-refractivity contribution in [3.8, 4) is 11.4 Å². The van der Waals surface area contributed by atoms with Crippen LogP contribution in [0.3, 0.4) is 0 Å². The van der Waals surface area contributed by atoms with E-state index in [1.165, 1.54) is 30.3 Å². The minimum Gasteiger partial charge on any atom is -0.370 e. The summed E-state index contributed by atoms with van der Waals surface area (Å²) in [7, 11) is 0. The molecule has 0 atom stereocenters. The quantitative estimate of drug-likeness (QED) is 0.534. The number of carbonyl (C=O) groups excluding carboxylic acids is 1. The second kappa shape index (κ2) is 8.97. The fourth-order valence-electron chi connectivity index (χ4n) is 3.55. The van der Waals surface area contributed by atoms with Gasteiger partial charge in [-0.05, 0) is 55.3 Å². The molecule has 1 aliphatic heterocycles. The van der Waals surface area contributed by atoms with Crippen LogP contribution >= 0.6 is 0 Å². The van der Waals surface area contributed by atoms with Crippen LogP contribution in [-0.2, 0) is 17.4 Å². The molecule has 2 aromatic carbocycles. The van der Waals surface area contributed by atoms with E-state index in [0.29, 0.717) is 11.3 Å². The lowest BCUT2D eigenvalue weighted by Crippen LogP contribution is -2.22. The molecule has 0 spiro atoms. The highest BCUT2D eigenvalue weighted by Crippen LogP contribution is 2.36. The molecule has 1 aromatic heterocycles. The average Bonchev–Trinajstić information content (AvgIpc) is 3.44. The number of rotatable bonds is 6. The highest BCUT2D eigenvalue weighted by Gasteiger charge is 2.32. The highest BCUT2D eigenvalue weighted by molar-refractivity contribution is 5.94. The fourth-order valence-corrected chi connectivity index (χ4v) is 3.55. The van der Waals surface area contributed by atoms with Gasteiger partial charge in [0.2, 0.25) is 17.6 Å². The van der Waals surface area contributed by atoms with Crippen molar-refractivity contribution in [3.05, 3.63) is 59.7 Å². The predicted molar refractivity (Wildman–Crippen MR) is 110 cm³/mol. The standard InChI is InChI=1S/C22H20F4N4O2/c23-16-6-3-14(4-7-16)21-28-20(32-29-21)10-9-19(31)27-17-13-15(22(24,25)26)5-8-18(17)30-11-1-2-12-30/h3-8,13H,1-2,9-12H2,(H,27,31). The zero-order valence-electron chi connectivity index (χ0n) is 17.0. The van der Waals surface area contributed by atoms with Gasteiger partial charge in [-0.25, -0.2) is 4.39 Å². The summed E-state index contributed by atoms with van der Waals surface area (Å²) in [4.78, 5) is 18.6. The van der Waals surface area contributed by atoms with Crippen molar-refractivity contribution in [2.45, 2.75) is 31.9 Å². The molecule has 6 nitrogen and oxygen atoms in total. The maximum absolute atomic E-state index is 13.2. The number of nitrogens with one attached hydrogen (secondary N) is 1. The SMILES string of the molecule is O=C(CCc1nc(-c2ccc(F)cc2)no1)Nc1cc(C(F)(F)F)ccc1N1CCCC1. The zero-order chi connectivity index (χ0) is 22.7. The summed E-state index contributed by atoms with van der Waals surface area (Å²) in [6.07, 6.45) is -2.56. The fraction of sp³-hybridized carbons (Fsp3) is 0.318. The minimum absolute atomic E-state index is 0.0548. The average molecular weight is 448 g/mol. The van der Waals surface area contributed by atoms with Gasteiger partial charge in [0, 0.05) is 31.5 Å². The van der Waals surface area contributed by atoms with Gasteiger partial charge in [-0.2, -0.15) is 18.2 Å². The van der Waals surface area contributed by atoms with Gasteiger partial charge in [-0.3, -0.25) is 4.79 Å². The van der Waals surface area contributed by atoms with Crippen molar-refractivity contribution in [3.63, 3.8) is 0 Å². The van der Waals surface area contributed by atoms with E-state index in [9.17, 15) is 22.4 Å². The molecule has 0 unspecified atom stereocenters. The van der Waals surface area contributed by atoms with Crippen molar-refractivity contribution in [1.82, 2.24) is 10.1 Å². The van der Waals surface area contributed by atoms with Gasteiger partial charge in [0.15, 0.2) is 0 Å². The number of nitrogens with zero attached hydrogens (tertiary/aromatic N) is 3. The number of aryl methyl sites for hydroxylation is 1.